The van der Waals surface area contributed by atoms with Crippen molar-refractivity contribution in [1.82, 2.24) is 15.2 Å². The number of benzene rings is 2. The molecule has 0 aliphatic heterocycles. The molecule has 3 rings (SSSR count). The van der Waals surface area contributed by atoms with Crippen LogP contribution in [-0.2, 0) is 13.0 Å². The highest BCUT2D eigenvalue weighted by Crippen LogP contribution is 2.09. The number of aromatic nitrogens is 1. The van der Waals surface area contributed by atoms with E-state index in [-0.39, 0.29) is 11.8 Å². The standard InChI is InChI=1S/C24H25N3O2/c1-18-3-5-20(6-4-18)17-26-23(28)21-7-9-22(10-8-21)24(29)27(2)16-13-19-11-14-25-15-12-19/h3-12,14-15H,13,16-17H2,1-2H3,(H,26,28). The van der Waals surface area contributed by atoms with Crippen LogP contribution in [0.25, 0.3) is 0 Å². The number of nitrogens with zero attached hydrogens (tertiary/aromatic N) is 2. The summed E-state index contributed by atoms with van der Waals surface area (Å²) >= 11 is 0. The first-order chi connectivity index (χ1) is 14.0. The molecule has 0 aliphatic carbocycles. The van der Waals surface area contributed by atoms with Gasteiger partial charge in [-0.05, 0) is 60.9 Å². The van der Waals surface area contributed by atoms with E-state index in [9.17, 15) is 9.59 Å². The van der Waals surface area contributed by atoms with E-state index in [1.807, 2.05) is 43.3 Å². The summed E-state index contributed by atoms with van der Waals surface area (Å²) in [6.45, 7) is 3.11. The molecular formula is C24H25N3O2. The SMILES string of the molecule is Cc1ccc(CNC(=O)c2ccc(C(=O)N(C)CCc3ccncc3)cc2)cc1. The molecule has 0 bridgehead atoms. The Morgan fingerprint density at radius 2 is 1.48 bits per heavy atom. The lowest BCUT2D eigenvalue weighted by molar-refractivity contribution is 0.0795. The largest absolute Gasteiger partial charge is 0.348 e. The fourth-order valence-corrected chi connectivity index (χ4v) is 2.92. The van der Waals surface area contributed by atoms with Crippen LogP contribution < -0.4 is 5.32 Å². The van der Waals surface area contributed by atoms with Crippen LogP contribution in [-0.4, -0.2) is 35.3 Å². The van der Waals surface area contributed by atoms with Crippen molar-refractivity contribution in [3.63, 3.8) is 0 Å². The normalized spacial score (nSPS) is 10.4. The molecule has 0 unspecified atom stereocenters. The number of pyridine rings is 1. The Hall–Kier alpha value is -3.47. The van der Waals surface area contributed by atoms with E-state index in [0.717, 1.165) is 17.5 Å². The predicted octanol–water partition coefficient (Wildman–Crippen LogP) is 3.63. The Bertz CT molecular complexity index is 952. The molecular weight excluding hydrogens is 362 g/mol. The van der Waals surface area contributed by atoms with Crippen LogP contribution in [0.4, 0.5) is 0 Å². The first kappa shape index (κ1) is 20.3. The van der Waals surface area contributed by atoms with Crippen LogP contribution in [0.1, 0.15) is 37.4 Å². The van der Waals surface area contributed by atoms with Crippen molar-refractivity contribution >= 4 is 11.8 Å². The van der Waals surface area contributed by atoms with Gasteiger partial charge in [0.1, 0.15) is 0 Å². The maximum atomic E-state index is 12.6. The van der Waals surface area contributed by atoms with Crippen molar-refractivity contribution in [2.24, 2.45) is 0 Å². The Kier molecular flexibility index (Phi) is 6.74. The van der Waals surface area contributed by atoms with Gasteiger partial charge in [-0.1, -0.05) is 29.8 Å². The van der Waals surface area contributed by atoms with Gasteiger partial charge in [-0.3, -0.25) is 14.6 Å². The van der Waals surface area contributed by atoms with E-state index < -0.39 is 0 Å². The third kappa shape index (κ3) is 5.75. The van der Waals surface area contributed by atoms with E-state index in [1.54, 1.807) is 48.6 Å². The van der Waals surface area contributed by atoms with Crippen molar-refractivity contribution in [2.45, 2.75) is 19.9 Å². The van der Waals surface area contributed by atoms with Crippen molar-refractivity contribution in [3.05, 3.63) is 101 Å². The molecule has 0 saturated heterocycles. The van der Waals surface area contributed by atoms with Gasteiger partial charge in [-0.15, -0.1) is 0 Å². The highest BCUT2D eigenvalue weighted by molar-refractivity contribution is 5.97. The molecule has 0 fully saturated rings. The first-order valence-corrected chi connectivity index (χ1v) is 9.61. The van der Waals surface area contributed by atoms with E-state index in [4.69, 9.17) is 0 Å². The number of hydrogen-bond donors (Lipinski definition) is 1. The van der Waals surface area contributed by atoms with Crippen molar-refractivity contribution < 1.29 is 9.59 Å². The van der Waals surface area contributed by atoms with Gasteiger partial charge in [0.15, 0.2) is 0 Å². The Balaban J connectivity index is 1.53. The second-order valence-corrected chi connectivity index (χ2v) is 7.08. The lowest BCUT2D eigenvalue weighted by Crippen LogP contribution is -2.29. The van der Waals surface area contributed by atoms with E-state index >= 15 is 0 Å². The highest BCUT2D eigenvalue weighted by Gasteiger charge is 2.13. The van der Waals surface area contributed by atoms with Crippen LogP contribution in [0.3, 0.4) is 0 Å². The molecule has 0 atom stereocenters. The molecule has 2 amide bonds. The molecule has 0 spiro atoms. The molecule has 0 aliphatic rings. The minimum Gasteiger partial charge on any atom is -0.348 e. The van der Waals surface area contributed by atoms with Crippen LogP contribution in [0.15, 0.2) is 73.1 Å². The highest BCUT2D eigenvalue weighted by atomic mass is 16.2. The summed E-state index contributed by atoms with van der Waals surface area (Å²) in [7, 11) is 1.78. The van der Waals surface area contributed by atoms with Gasteiger partial charge in [0.05, 0.1) is 0 Å². The summed E-state index contributed by atoms with van der Waals surface area (Å²) in [6.07, 6.45) is 4.27. The van der Waals surface area contributed by atoms with Gasteiger partial charge in [-0.25, -0.2) is 0 Å². The number of carbonyl (C=O) groups is 2. The zero-order chi connectivity index (χ0) is 20.6. The van der Waals surface area contributed by atoms with Crippen molar-refractivity contribution in [3.8, 4) is 0 Å². The number of hydrogen-bond acceptors (Lipinski definition) is 3. The second kappa shape index (κ2) is 9.64. The van der Waals surface area contributed by atoms with Crippen molar-refractivity contribution in [2.75, 3.05) is 13.6 Å². The minimum absolute atomic E-state index is 0.0642. The molecule has 3 aromatic rings. The van der Waals surface area contributed by atoms with E-state index in [2.05, 4.69) is 10.3 Å². The monoisotopic (exact) mass is 387 g/mol. The Morgan fingerprint density at radius 3 is 2.14 bits per heavy atom. The summed E-state index contributed by atoms with van der Waals surface area (Å²) in [4.78, 5) is 30.6. The summed E-state index contributed by atoms with van der Waals surface area (Å²) in [5, 5.41) is 2.91. The van der Waals surface area contributed by atoms with Crippen molar-refractivity contribution in [1.29, 1.82) is 0 Å². The molecule has 5 heteroatoms. The quantitative estimate of drug-likeness (QED) is 0.673. The number of rotatable bonds is 7. The number of aryl methyl sites for hydroxylation is 1. The van der Waals surface area contributed by atoms with Gasteiger partial charge in [0.25, 0.3) is 11.8 Å². The topological polar surface area (TPSA) is 62.3 Å². The van der Waals surface area contributed by atoms with Crippen LogP contribution in [0, 0.1) is 6.92 Å². The van der Waals surface area contributed by atoms with Crippen LogP contribution >= 0.6 is 0 Å². The van der Waals surface area contributed by atoms with Gasteiger partial charge in [0, 0.05) is 43.7 Å². The minimum atomic E-state index is -0.157. The predicted molar refractivity (Wildman–Crippen MR) is 114 cm³/mol. The lowest BCUT2D eigenvalue weighted by atomic mass is 10.1. The van der Waals surface area contributed by atoms with Gasteiger partial charge < -0.3 is 10.2 Å². The number of nitrogens with one attached hydrogen (secondary N) is 1. The van der Waals surface area contributed by atoms with E-state index in [1.165, 1.54) is 5.56 Å². The molecule has 1 N–H and O–H groups in total. The average molecular weight is 387 g/mol. The molecule has 0 saturated carbocycles. The maximum absolute atomic E-state index is 12.6. The van der Waals surface area contributed by atoms with Gasteiger partial charge in [-0.2, -0.15) is 0 Å². The third-order valence-corrected chi connectivity index (χ3v) is 4.80. The molecule has 148 valence electrons. The lowest BCUT2D eigenvalue weighted by Gasteiger charge is -2.17. The van der Waals surface area contributed by atoms with Crippen LogP contribution in [0.2, 0.25) is 0 Å². The molecule has 5 nitrogen and oxygen atoms in total. The zero-order valence-electron chi connectivity index (χ0n) is 16.8. The Labute approximate surface area is 171 Å². The van der Waals surface area contributed by atoms with Gasteiger partial charge >= 0.3 is 0 Å². The average Bonchev–Trinajstić information content (AvgIpc) is 2.77. The summed E-state index contributed by atoms with van der Waals surface area (Å²) in [6, 6.07) is 18.7. The summed E-state index contributed by atoms with van der Waals surface area (Å²) in [5.74, 6) is -0.221. The second-order valence-electron chi connectivity index (χ2n) is 7.08. The van der Waals surface area contributed by atoms with E-state index in [0.29, 0.717) is 24.2 Å². The molecule has 29 heavy (non-hydrogen) atoms. The number of carbonyl (C=O) groups excluding carboxylic acids is 2. The molecule has 1 heterocycles. The molecule has 2 aromatic carbocycles. The fraction of sp³-hybridized carbons (Fsp3) is 0.208. The number of likely N-dealkylation sites (N-methyl/N-ethyl adjacent to an activating group) is 1. The first-order valence-electron chi connectivity index (χ1n) is 9.61. The molecule has 1 aromatic heterocycles. The smallest absolute Gasteiger partial charge is 0.253 e. The third-order valence-electron chi connectivity index (χ3n) is 4.80. The maximum Gasteiger partial charge on any atom is 0.253 e. The number of amides is 2. The molecule has 0 radical (unpaired) electrons. The van der Waals surface area contributed by atoms with Gasteiger partial charge in [0.2, 0.25) is 0 Å². The Morgan fingerprint density at radius 1 is 0.862 bits per heavy atom. The van der Waals surface area contributed by atoms with Crippen LogP contribution in [0.5, 0.6) is 0 Å². The zero-order valence-corrected chi connectivity index (χ0v) is 16.8. The summed E-state index contributed by atoms with van der Waals surface area (Å²) in [5.41, 5.74) is 4.48. The fourth-order valence-electron chi connectivity index (χ4n) is 2.92. The summed E-state index contributed by atoms with van der Waals surface area (Å²) < 4.78 is 0.